The SMILES string of the molecule is CN1C(=O)C[C@H](C(=O)NCCOC2CCC(OCCCC(=O)NC3CCC(C(=O)NCc4cc(-c5cc(-c6cccc(C(F)(F)F)c6)ccc5Oc5ccc(S(=O)(=O)Nc6ncns6)cc5C#N)ccn4)CC3)CC2)[C@H]1c1cccnc1. The molecule has 0 unspecified atom stereocenters. The van der Waals surface area contributed by atoms with E-state index < -0.39 is 27.7 Å². The monoisotopic (exact) mass is 1160 g/mol. The lowest BCUT2D eigenvalue weighted by Gasteiger charge is -2.29. The predicted molar refractivity (Wildman–Crippen MR) is 296 cm³/mol. The van der Waals surface area contributed by atoms with Crippen molar-refractivity contribution >= 4 is 50.3 Å². The highest BCUT2D eigenvalue weighted by Crippen LogP contribution is 2.41. The maximum absolute atomic E-state index is 13.8. The van der Waals surface area contributed by atoms with Crippen LogP contribution in [0.25, 0.3) is 22.3 Å². The van der Waals surface area contributed by atoms with Crippen molar-refractivity contribution in [3.63, 3.8) is 0 Å². The number of carbonyl (C=O) groups is 4. The fraction of sp³-hybridized carbons (Fsp3) is 0.397. The average molecular weight is 1160 g/mol. The zero-order valence-corrected chi connectivity index (χ0v) is 46.4. The Hall–Kier alpha value is -7.85. The Kier molecular flexibility index (Phi) is 19.2. The van der Waals surface area contributed by atoms with E-state index in [0.29, 0.717) is 80.7 Å². The molecule has 1 aliphatic heterocycles. The largest absolute Gasteiger partial charge is 0.455 e. The molecular weight excluding hydrogens is 1100 g/mol. The fourth-order valence-electron chi connectivity index (χ4n) is 10.6. The fourth-order valence-corrected chi connectivity index (χ4v) is 12.3. The lowest BCUT2D eigenvalue weighted by molar-refractivity contribution is -0.137. The Balaban J connectivity index is 0.710. The first kappa shape index (κ1) is 58.8. The molecule has 0 spiro atoms. The molecule has 82 heavy (non-hydrogen) atoms. The molecule has 9 rings (SSSR count). The average Bonchev–Trinajstić information content (AvgIpc) is 4.27. The summed E-state index contributed by atoms with van der Waals surface area (Å²) < 4.78 is 92.2. The smallest absolute Gasteiger partial charge is 0.416 e. The van der Waals surface area contributed by atoms with Crippen molar-refractivity contribution in [3.8, 4) is 39.8 Å². The zero-order chi connectivity index (χ0) is 57.8. The lowest BCUT2D eigenvalue weighted by atomic mass is 9.85. The number of nitrogens with zero attached hydrogens (tertiary/aromatic N) is 6. The summed E-state index contributed by atoms with van der Waals surface area (Å²) in [6.45, 7) is 1.23. The van der Waals surface area contributed by atoms with Crippen LogP contribution in [0.1, 0.15) is 99.1 Å². The van der Waals surface area contributed by atoms with Gasteiger partial charge in [-0.15, -0.1) is 0 Å². The number of aromatic nitrogens is 4. The van der Waals surface area contributed by atoms with Gasteiger partial charge in [-0.25, -0.2) is 13.4 Å². The third-order valence-corrected chi connectivity index (χ3v) is 17.0. The van der Waals surface area contributed by atoms with Crippen LogP contribution in [-0.2, 0) is 51.4 Å². The topological polar surface area (TPSA) is 257 Å². The maximum atomic E-state index is 13.8. The first-order chi connectivity index (χ1) is 39.5. The van der Waals surface area contributed by atoms with Gasteiger partial charge in [0.05, 0.1) is 59.0 Å². The Labute approximate surface area is 476 Å². The molecule has 2 aliphatic carbocycles. The maximum Gasteiger partial charge on any atom is 0.416 e. The van der Waals surface area contributed by atoms with Gasteiger partial charge in [0.25, 0.3) is 10.0 Å². The number of anilines is 1. The van der Waals surface area contributed by atoms with E-state index in [-0.39, 0.29) is 99.5 Å². The molecule has 4 heterocycles. The minimum Gasteiger partial charge on any atom is -0.455 e. The lowest BCUT2D eigenvalue weighted by Crippen LogP contribution is -2.40. The van der Waals surface area contributed by atoms with Crippen LogP contribution in [0.4, 0.5) is 18.3 Å². The number of alkyl halides is 3. The number of ether oxygens (including phenoxy) is 3. The molecule has 3 aromatic carbocycles. The van der Waals surface area contributed by atoms with Crippen LogP contribution in [0.5, 0.6) is 11.5 Å². The van der Waals surface area contributed by atoms with E-state index in [0.717, 1.165) is 61.0 Å². The van der Waals surface area contributed by atoms with Crippen molar-refractivity contribution in [2.75, 3.05) is 31.5 Å². The molecule has 0 bridgehead atoms. The number of hydrogen-bond acceptors (Lipinski definition) is 15. The summed E-state index contributed by atoms with van der Waals surface area (Å²) in [6, 6.07) is 22.0. The van der Waals surface area contributed by atoms with Crippen LogP contribution >= 0.6 is 11.5 Å². The summed E-state index contributed by atoms with van der Waals surface area (Å²) in [5, 5.41) is 19.2. The molecular formula is C58H61F3N10O9S2. The van der Waals surface area contributed by atoms with Crippen molar-refractivity contribution in [1.82, 2.24) is 40.2 Å². The van der Waals surface area contributed by atoms with Crippen molar-refractivity contribution in [1.29, 1.82) is 5.26 Å². The van der Waals surface area contributed by atoms with Gasteiger partial charge in [0.2, 0.25) is 28.8 Å². The van der Waals surface area contributed by atoms with Gasteiger partial charge < -0.3 is 35.1 Å². The number of nitrogens with one attached hydrogen (secondary N) is 4. The van der Waals surface area contributed by atoms with Crippen molar-refractivity contribution in [2.24, 2.45) is 11.8 Å². The number of benzene rings is 3. The molecule has 430 valence electrons. The van der Waals surface area contributed by atoms with Gasteiger partial charge in [-0.05, 0) is 141 Å². The quantitative estimate of drug-likeness (QED) is 0.0463. The van der Waals surface area contributed by atoms with E-state index in [9.17, 15) is 46.0 Å². The number of carbonyl (C=O) groups excluding carboxylic acids is 4. The molecule has 3 aromatic heterocycles. The highest BCUT2D eigenvalue weighted by atomic mass is 32.2. The minimum absolute atomic E-state index is 0.00770. The molecule has 1 saturated heterocycles. The molecule has 0 radical (unpaired) electrons. The second-order valence-corrected chi connectivity index (χ2v) is 22.9. The molecule has 3 fully saturated rings. The molecule has 6 aromatic rings. The van der Waals surface area contributed by atoms with E-state index in [1.165, 1.54) is 30.7 Å². The molecule has 19 nitrogen and oxygen atoms in total. The standard InChI is InChI=1S/C58H61F3N10O9S2/c1-71-53(73)31-49(54(71)40-6-3-22-63-33-40)56(75)65-24-26-79-46-16-14-45(15-17-46)78-25-4-8-52(72)69-43-12-9-36(10-13-43)55(74)66-34-44-28-39(21-23-64-44)48-30-38(37-5-2-7-42(27-37)58(59,60)61)11-19-51(48)80-50-20-18-47(29-41(50)32-62)82(76,77)70-57-67-35-68-81-57/h2-3,5-7,11,18-23,27-30,33,35-36,43,45-46,49,54H,4,8-10,12-17,24-26,31,34H2,1H3,(H,65,75)(H,66,74)(H,69,72)(H,67,68,70)/t36?,43?,45?,46?,49-,54+/m0/s1. The van der Waals surface area contributed by atoms with Gasteiger partial charge in [0.1, 0.15) is 23.9 Å². The van der Waals surface area contributed by atoms with Crippen LogP contribution < -0.4 is 25.4 Å². The van der Waals surface area contributed by atoms with Crippen LogP contribution in [0.3, 0.4) is 0 Å². The number of halogens is 3. The molecule has 4 amide bonds. The number of sulfonamides is 1. The first-order valence-electron chi connectivity index (χ1n) is 27.0. The summed E-state index contributed by atoms with van der Waals surface area (Å²) in [5.41, 5.74) is 1.99. The van der Waals surface area contributed by atoms with Crippen LogP contribution in [0.2, 0.25) is 0 Å². The van der Waals surface area contributed by atoms with Gasteiger partial charge >= 0.3 is 6.18 Å². The number of pyridine rings is 2. The summed E-state index contributed by atoms with van der Waals surface area (Å²) in [7, 11) is -2.44. The number of rotatable bonds is 22. The summed E-state index contributed by atoms with van der Waals surface area (Å²) in [6.07, 6.45) is 8.42. The molecule has 4 N–H and O–H groups in total. The number of nitriles is 1. The van der Waals surface area contributed by atoms with E-state index in [1.807, 2.05) is 12.1 Å². The van der Waals surface area contributed by atoms with Gasteiger partial charge in [-0.2, -0.15) is 22.8 Å². The normalized spacial score (nSPS) is 20.1. The van der Waals surface area contributed by atoms with E-state index in [1.54, 1.807) is 66.8 Å². The Morgan fingerprint density at radius 2 is 1.57 bits per heavy atom. The van der Waals surface area contributed by atoms with Crippen molar-refractivity contribution in [3.05, 3.63) is 132 Å². The first-order valence-corrected chi connectivity index (χ1v) is 29.3. The molecule has 2 saturated carbocycles. The highest BCUT2D eigenvalue weighted by molar-refractivity contribution is 7.93. The van der Waals surface area contributed by atoms with Crippen LogP contribution in [0.15, 0.2) is 115 Å². The molecule has 2 atom stereocenters. The Bertz CT molecular complexity index is 3370. The summed E-state index contributed by atoms with van der Waals surface area (Å²) in [5.74, 6) is -1.06. The molecule has 3 aliphatic rings. The second-order valence-electron chi connectivity index (χ2n) is 20.5. The van der Waals surface area contributed by atoms with Crippen LogP contribution in [0, 0.1) is 23.2 Å². The molecule has 24 heteroatoms. The second kappa shape index (κ2) is 26.8. The highest BCUT2D eigenvalue weighted by Gasteiger charge is 2.43. The van der Waals surface area contributed by atoms with Gasteiger partial charge in [-0.1, -0.05) is 24.3 Å². The van der Waals surface area contributed by atoms with E-state index in [4.69, 9.17) is 14.2 Å². The van der Waals surface area contributed by atoms with Crippen LogP contribution in [-0.4, -0.2) is 101 Å². The Morgan fingerprint density at radius 3 is 2.29 bits per heavy atom. The third kappa shape index (κ3) is 15.2. The number of amides is 4. The van der Waals surface area contributed by atoms with Gasteiger partial charge in [0.15, 0.2) is 0 Å². The van der Waals surface area contributed by atoms with E-state index >= 15 is 0 Å². The summed E-state index contributed by atoms with van der Waals surface area (Å²) >= 11 is 0.834. The minimum atomic E-state index is -4.58. The summed E-state index contributed by atoms with van der Waals surface area (Å²) in [4.78, 5) is 65.8. The number of likely N-dealkylation sites (tertiary alicyclic amines) is 1. The zero-order valence-electron chi connectivity index (χ0n) is 44.8. The third-order valence-electron chi connectivity index (χ3n) is 14.9. The number of hydrogen-bond donors (Lipinski definition) is 4. The van der Waals surface area contributed by atoms with Gasteiger partial charge in [0, 0.05) is 80.7 Å². The van der Waals surface area contributed by atoms with Crippen molar-refractivity contribution < 1.29 is 55.0 Å². The van der Waals surface area contributed by atoms with Crippen molar-refractivity contribution in [2.45, 2.75) is 113 Å². The predicted octanol–water partition coefficient (Wildman–Crippen LogP) is 8.90. The Morgan fingerprint density at radius 1 is 0.817 bits per heavy atom. The van der Waals surface area contributed by atoms with E-state index in [2.05, 4.69) is 40.0 Å². The van der Waals surface area contributed by atoms with Gasteiger partial charge in [-0.3, -0.25) is 33.9 Å².